The van der Waals surface area contributed by atoms with Gasteiger partial charge in [0.2, 0.25) is 0 Å². The van der Waals surface area contributed by atoms with Gasteiger partial charge in [-0.1, -0.05) is 13.0 Å². The summed E-state index contributed by atoms with van der Waals surface area (Å²) in [6.07, 6.45) is -3.58. The number of methoxy groups -OCH3 is 1. The molecule has 0 spiro atoms. The predicted molar refractivity (Wildman–Crippen MR) is 138 cm³/mol. The number of alkyl halides is 3. The first-order valence-electron chi connectivity index (χ1n) is 11.5. The maximum Gasteiger partial charge on any atom is 0.416 e. The number of nitrogens with two attached hydrogens (primary N) is 1. The molecule has 0 radical (unpaired) electrons. The zero-order valence-corrected chi connectivity index (χ0v) is 20.6. The van der Waals surface area contributed by atoms with Gasteiger partial charge in [-0.25, -0.2) is 9.97 Å². The molecule has 4 rings (SSSR count). The van der Waals surface area contributed by atoms with Gasteiger partial charge in [-0.15, -0.1) is 0 Å². The van der Waals surface area contributed by atoms with Gasteiger partial charge in [-0.3, -0.25) is 0 Å². The Hall–Kier alpha value is -4.01. The summed E-state index contributed by atoms with van der Waals surface area (Å²) in [5, 5.41) is 3.93. The quantitative estimate of drug-likeness (QED) is 0.286. The van der Waals surface area contributed by atoms with Gasteiger partial charge in [0.15, 0.2) is 0 Å². The minimum atomic E-state index is -4.47. The maximum atomic E-state index is 13.2. The van der Waals surface area contributed by atoms with Crippen LogP contribution < -0.4 is 20.7 Å². The number of nitrogens with one attached hydrogen (secondary N) is 1. The van der Waals surface area contributed by atoms with Crippen molar-refractivity contribution in [3.8, 4) is 5.75 Å². The number of benzene rings is 3. The van der Waals surface area contributed by atoms with E-state index in [2.05, 4.69) is 28.3 Å². The lowest BCUT2D eigenvalue weighted by Gasteiger charge is -2.23. The normalized spacial score (nSPS) is 11.5. The van der Waals surface area contributed by atoms with Crippen LogP contribution in [0.4, 0.5) is 36.1 Å². The minimum absolute atomic E-state index is 0.0533. The van der Waals surface area contributed by atoms with E-state index in [0.717, 1.165) is 46.6 Å². The van der Waals surface area contributed by atoms with Crippen molar-refractivity contribution in [2.24, 2.45) is 0 Å². The van der Waals surface area contributed by atoms with Crippen molar-refractivity contribution in [2.45, 2.75) is 33.0 Å². The summed E-state index contributed by atoms with van der Waals surface area (Å²) < 4.78 is 45.2. The second-order valence-corrected chi connectivity index (χ2v) is 8.55. The Balaban J connectivity index is 1.70. The molecule has 1 heterocycles. The lowest BCUT2D eigenvalue weighted by atomic mass is 10.1. The van der Waals surface area contributed by atoms with Crippen LogP contribution in [-0.2, 0) is 19.1 Å². The molecule has 0 fully saturated rings. The third-order valence-corrected chi connectivity index (χ3v) is 5.99. The predicted octanol–water partition coefficient (Wildman–Crippen LogP) is 6.49. The summed E-state index contributed by atoms with van der Waals surface area (Å²) in [6, 6.07) is 15.4. The first kappa shape index (κ1) is 25.1. The second kappa shape index (κ2) is 9.93. The summed E-state index contributed by atoms with van der Waals surface area (Å²) in [5.41, 5.74) is 9.10. The molecule has 36 heavy (non-hydrogen) atoms. The molecule has 1 aromatic heterocycles. The summed E-state index contributed by atoms with van der Waals surface area (Å²) in [5.74, 6) is 1.82. The molecular weight excluding hydrogens is 467 g/mol. The number of anilines is 4. The molecule has 0 aliphatic rings. The van der Waals surface area contributed by atoms with E-state index < -0.39 is 11.7 Å². The lowest BCUT2D eigenvalue weighted by Crippen LogP contribution is -2.12. The smallest absolute Gasteiger partial charge is 0.416 e. The highest BCUT2D eigenvalue weighted by Gasteiger charge is 2.31. The molecule has 0 saturated carbocycles. The summed E-state index contributed by atoms with van der Waals surface area (Å²) in [6.45, 7) is 3.98. The largest absolute Gasteiger partial charge is 0.495 e. The highest BCUT2D eigenvalue weighted by Crippen LogP contribution is 2.36. The van der Waals surface area contributed by atoms with Crippen molar-refractivity contribution in [3.63, 3.8) is 0 Å². The molecule has 6 nitrogen and oxygen atoms in total. The van der Waals surface area contributed by atoms with Crippen molar-refractivity contribution in [2.75, 3.05) is 30.1 Å². The molecule has 4 aromatic rings. The van der Waals surface area contributed by atoms with E-state index in [1.165, 1.54) is 11.6 Å². The van der Waals surface area contributed by atoms with Crippen LogP contribution in [0.1, 0.15) is 29.4 Å². The third-order valence-electron chi connectivity index (χ3n) is 5.99. The van der Waals surface area contributed by atoms with Gasteiger partial charge in [0.1, 0.15) is 17.4 Å². The van der Waals surface area contributed by atoms with Crippen LogP contribution in [0.3, 0.4) is 0 Å². The Kier molecular flexibility index (Phi) is 6.92. The molecule has 188 valence electrons. The number of fused-ring (bicyclic) bond motifs is 1. The molecule has 0 unspecified atom stereocenters. The lowest BCUT2D eigenvalue weighted by molar-refractivity contribution is -0.137. The average molecular weight is 496 g/mol. The van der Waals surface area contributed by atoms with E-state index >= 15 is 0 Å². The summed E-state index contributed by atoms with van der Waals surface area (Å²) in [7, 11) is 3.59. The Labute approximate surface area is 207 Å². The molecule has 0 amide bonds. The van der Waals surface area contributed by atoms with Gasteiger partial charge in [0.25, 0.3) is 0 Å². The molecule has 3 N–H and O–H groups in total. The van der Waals surface area contributed by atoms with Gasteiger partial charge in [0.05, 0.1) is 23.9 Å². The van der Waals surface area contributed by atoms with E-state index in [4.69, 9.17) is 10.5 Å². The number of aryl methyl sites for hydroxylation is 2. The maximum absolute atomic E-state index is 13.2. The number of halogens is 3. The number of hydrogen-bond donors (Lipinski definition) is 2. The second-order valence-electron chi connectivity index (χ2n) is 8.55. The molecule has 0 bridgehead atoms. The SMILES string of the molecule is CCc1ccc(OC)c(N(C)c2ccc3nc(C)nc(NCc4cc(N)cc(C(F)(F)F)c4)c3c2)c1. The van der Waals surface area contributed by atoms with E-state index in [0.29, 0.717) is 17.2 Å². The Bertz CT molecular complexity index is 1400. The third kappa shape index (κ3) is 5.30. The fraction of sp³-hybridized carbons (Fsp3) is 0.259. The number of aromatic nitrogens is 2. The Morgan fingerprint density at radius 2 is 1.78 bits per heavy atom. The first-order chi connectivity index (χ1) is 17.1. The van der Waals surface area contributed by atoms with Crippen LogP contribution >= 0.6 is 0 Å². The van der Waals surface area contributed by atoms with Gasteiger partial charge in [0, 0.05) is 30.4 Å². The highest BCUT2D eigenvalue weighted by atomic mass is 19.4. The van der Waals surface area contributed by atoms with Crippen LogP contribution in [-0.4, -0.2) is 24.1 Å². The molecule has 0 saturated heterocycles. The zero-order chi connectivity index (χ0) is 26.0. The Morgan fingerprint density at radius 1 is 1.00 bits per heavy atom. The molecule has 0 atom stereocenters. The van der Waals surface area contributed by atoms with Crippen LogP contribution in [0.2, 0.25) is 0 Å². The summed E-state index contributed by atoms with van der Waals surface area (Å²) in [4.78, 5) is 11.1. The standard InChI is InChI=1S/C27H28F3N5O/c1-5-17-6-9-25(36-4)24(12-17)35(3)21-7-8-23-22(14-21)26(34-16(2)33-23)32-15-18-10-19(27(28,29)30)13-20(31)11-18/h6-14H,5,15,31H2,1-4H3,(H,32,33,34). The van der Waals surface area contributed by atoms with Crippen LogP contribution in [0.15, 0.2) is 54.6 Å². The van der Waals surface area contributed by atoms with E-state index in [1.807, 2.05) is 42.3 Å². The van der Waals surface area contributed by atoms with Gasteiger partial charge in [-0.05, 0) is 73.0 Å². The number of ether oxygens (including phenoxy) is 1. The number of nitrogens with zero attached hydrogens (tertiary/aromatic N) is 3. The van der Waals surface area contributed by atoms with Crippen LogP contribution in [0.5, 0.6) is 5.75 Å². The summed E-state index contributed by atoms with van der Waals surface area (Å²) >= 11 is 0. The van der Waals surface area contributed by atoms with Gasteiger partial charge < -0.3 is 20.7 Å². The molecule has 9 heteroatoms. The van der Waals surface area contributed by atoms with Crippen molar-refractivity contribution in [3.05, 3.63) is 77.1 Å². The van der Waals surface area contributed by atoms with Crippen molar-refractivity contribution < 1.29 is 17.9 Å². The highest BCUT2D eigenvalue weighted by molar-refractivity contribution is 5.92. The Morgan fingerprint density at radius 3 is 2.47 bits per heavy atom. The van der Waals surface area contributed by atoms with Crippen LogP contribution in [0, 0.1) is 6.92 Å². The monoisotopic (exact) mass is 495 g/mol. The molecule has 3 aromatic carbocycles. The topological polar surface area (TPSA) is 76.3 Å². The number of hydrogen-bond acceptors (Lipinski definition) is 6. The molecule has 0 aliphatic carbocycles. The van der Waals surface area contributed by atoms with Crippen molar-refractivity contribution in [1.29, 1.82) is 0 Å². The zero-order valence-electron chi connectivity index (χ0n) is 20.6. The average Bonchev–Trinajstić information content (AvgIpc) is 2.85. The van der Waals surface area contributed by atoms with Gasteiger partial charge in [-0.2, -0.15) is 13.2 Å². The van der Waals surface area contributed by atoms with Crippen LogP contribution in [0.25, 0.3) is 10.9 Å². The van der Waals surface area contributed by atoms with E-state index in [-0.39, 0.29) is 12.2 Å². The first-order valence-corrected chi connectivity index (χ1v) is 11.5. The molecule has 0 aliphatic heterocycles. The molecular formula is C27H28F3N5O. The van der Waals surface area contributed by atoms with Crippen molar-refractivity contribution >= 4 is 33.8 Å². The van der Waals surface area contributed by atoms with E-state index in [9.17, 15) is 13.2 Å². The van der Waals surface area contributed by atoms with Gasteiger partial charge >= 0.3 is 6.18 Å². The van der Waals surface area contributed by atoms with Crippen molar-refractivity contribution in [1.82, 2.24) is 9.97 Å². The minimum Gasteiger partial charge on any atom is -0.495 e. The van der Waals surface area contributed by atoms with E-state index in [1.54, 1.807) is 14.0 Å². The fourth-order valence-corrected chi connectivity index (χ4v) is 4.10. The number of rotatable bonds is 7. The fourth-order valence-electron chi connectivity index (χ4n) is 4.10. The number of nitrogen functional groups attached to an aromatic ring is 1.